The highest BCUT2D eigenvalue weighted by atomic mass is 79.9. The first-order valence-corrected chi connectivity index (χ1v) is 8.90. The van der Waals surface area contributed by atoms with E-state index in [2.05, 4.69) is 20.9 Å². The van der Waals surface area contributed by atoms with Crippen LogP contribution < -0.4 is 9.47 Å². The highest BCUT2D eigenvalue weighted by molar-refractivity contribution is 9.10. The van der Waals surface area contributed by atoms with Crippen LogP contribution in [0.5, 0.6) is 11.5 Å². The van der Waals surface area contributed by atoms with E-state index in [4.69, 9.17) is 9.47 Å². The number of halogens is 1. The molecule has 23 heavy (non-hydrogen) atoms. The number of aromatic nitrogens is 1. The summed E-state index contributed by atoms with van der Waals surface area (Å²) in [6, 6.07) is 6.57. The van der Waals surface area contributed by atoms with E-state index in [1.807, 2.05) is 0 Å². The van der Waals surface area contributed by atoms with E-state index in [9.17, 15) is 8.42 Å². The minimum Gasteiger partial charge on any atom is -0.493 e. The fourth-order valence-electron chi connectivity index (χ4n) is 2.03. The molecule has 1 heterocycles. The van der Waals surface area contributed by atoms with Crippen molar-refractivity contribution in [1.29, 1.82) is 0 Å². The third-order valence-electron chi connectivity index (χ3n) is 3.28. The van der Waals surface area contributed by atoms with Gasteiger partial charge in [-0.15, -0.1) is 0 Å². The Morgan fingerprint density at radius 3 is 2.26 bits per heavy atom. The fourth-order valence-corrected chi connectivity index (χ4v) is 4.18. The van der Waals surface area contributed by atoms with E-state index < -0.39 is 10.0 Å². The largest absolute Gasteiger partial charge is 0.493 e. The lowest BCUT2D eigenvalue weighted by molar-refractivity contribution is 0.353. The van der Waals surface area contributed by atoms with Crippen molar-refractivity contribution >= 4 is 26.0 Å². The van der Waals surface area contributed by atoms with Gasteiger partial charge < -0.3 is 9.47 Å². The van der Waals surface area contributed by atoms with Gasteiger partial charge in [-0.05, 0) is 39.7 Å². The molecule has 0 aliphatic carbocycles. The number of ether oxygens (including phenoxy) is 2. The second-order valence-electron chi connectivity index (χ2n) is 4.75. The van der Waals surface area contributed by atoms with E-state index in [0.29, 0.717) is 16.0 Å². The van der Waals surface area contributed by atoms with Gasteiger partial charge in [0.2, 0.25) is 10.0 Å². The summed E-state index contributed by atoms with van der Waals surface area (Å²) < 4.78 is 37.7. The van der Waals surface area contributed by atoms with Crippen LogP contribution in [0.25, 0.3) is 0 Å². The SMILES string of the molecule is COc1cc(Br)c(S(=O)(=O)N(C)Cc2ccncc2)cc1OC. The molecular weight excluding hydrogens is 384 g/mol. The molecule has 1 aromatic carbocycles. The number of benzene rings is 1. The van der Waals surface area contributed by atoms with Crippen molar-refractivity contribution in [2.24, 2.45) is 0 Å². The Morgan fingerprint density at radius 2 is 1.70 bits per heavy atom. The number of hydrogen-bond donors (Lipinski definition) is 0. The van der Waals surface area contributed by atoms with Crippen LogP contribution in [0.3, 0.4) is 0 Å². The summed E-state index contributed by atoms with van der Waals surface area (Å²) in [5.41, 5.74) is 0.850. The van der Waals surface area contributed by atoms with Gasteiger partial charge in [0.25, 0.3) is 0 Å². The highest BCUT2D eigenvalue weighted by Crippen LogP contribution is 2.36. The molecule has 124 valence electrons. The van der Waals surface area contributed by atoms with Crippen LogP contribution in [0.15, 0.2) is 46.0 Å². The summed E-state index contributed by atoms with van der Waals surface area (Å²) in [6.45, 7) is 0.242. The van der Waals surface area contributed by atoms with Crippen molar-refractivity contribution in [3.63, 3.8) is 0 Å². The van der Waals surface area contributed by atoms with Gasteiger partial charge in [0.05, 0.1) is 14.2 Å². The van der Waals surface area contributed by atoms with Crippen molar-refractivity contribution in [3.8, 4) is 11.5 Å². The number of nitrogens with zero attached hydrogens (tertiary/aromatic N) is 2. The van der Waals surface area contributed by atoms with Gasteiger partial charge in [-0.3, -0.25) is 4.98 Å². The van der Waals surface area contributed by atoms with Gasteiger partial charge >= 0.3 is 0 Å². The number of rotatable bonds is 6. The quantitative estimate of drug-likeness (QED) is 0.745. The smallest absolute Gasteiger partial charge is 0.244 e. The van der Waals surface area contributed by atoms with Gasteiger partial charge in [0.15, 0.2) is 11.5 Å². The molecule has 6 nitrogen and oxygen atoms in total. The second-order valence-corrected chi connectivity index (χ2v) is 7.62. The molecule has 2 aromatic rings. The molecule has 8 heteroatoms. The van der Waals surface area contributed by atoms with Crippen LogP contribution in [0.4, 0.5) is 0 Å². The van der Waals surface area contributed by atoms with Crippen molar-refractivity contribution in [2.75, 3.05) is 21.3 Å². The summed E-state index contributed by atoms with van der Waals surface area (Å²) in [5.74, 6) is 0.807. The number of hydrogen-bond acceptors (Lipinski definition) is 5. The Labute approximate surface area is 144 Å². The van der Waals surface area contributed by atoms with Crippen molar-refractivity contribution in [1.82, 2.24) is 9.29 Å². The summed E-state index contributed by atoms with van der Waals surface area (Å²) in [4.78, 5) is 4.04. The average molecular weight is 401 g/mol. The number of sulfonamides is 1. The van der Waals surface area contributed by atoms with Crippen LogP contribution in [-0.2, 0) is 16.6 Å². The maximum Gasteiger partial charge on any atom is 0.244 e. The number of pyridine rings is 1. The van der Waals surface area contributed by atoms with Crippen molar-refractivity contribution in [3.05, 3.63) is 46.7 Å². The molecule has 0 fully saturated rings. The summed E-state index contributed by atoms with van der Waals surface area (Å²) in [7, 11) is 0.787. The zero-order valence-electron chi connectivity index (χ0n) is 13.0. The molecule has 0 saturated heterocycles. The lowest BCUT2D eigenvalue weighted by Crippen LogP contribution is -2.26. The molecular formula is C15H17BrN2O4S. The minimum atomic E-state index is -3.69. The summed E-state index contributed by atoms with van der Waals surface area (Å²) in [6.07, 6.45) is 3.25. The second kappa shape index (κ2) is 7.29. The topological polar surface area (TPSA) is 68.7 Å². The Hall–Kier alpha value is -1.64. The zero-order valence-corrected chi connectivity index (χ0v) is 15.4. The summed E-state index contributed by atoms with van der Waals surface area (Å²) in [5, 5.41) is 0. The molecule has 2 rings (SSSR count). The molecule has 0 radical (unpaired) electrons. The average Bonchev–Trinajstić information content (AvgIpc) is 2.55. The first kappa shape index (κ1) is 17.7. The Kier molecular flexibility index (Phi) is 5.61. The predicted molar refractivity (Wildman–Crippen MR) is 90.1 cm³/mol. The Bertz CT molecular complexity index is 782. The predicted octanol–water partition coefficient (Wildman–Crippen LogP) is 2.68. The Balaban J connectivity index is 2.39. The first-order chi connectivity index (χ1) is 10.9. The maximum absolute atomic E-state index is 12.8. The van der Waals surface area contributed by atoms with Crippen LogP contribution >= 0.6 is 15.9 Å². The van der Waals surface area contributed by atoms with E-state index in [0.717, 1.165) is 5.56 Å². The molecule has 0 aliphatic rings. The zero-order chi connectivity index (χ0) is 17.0. The van der Waals surface area contributed by atoms with E-state index >= 15 is 0 Å². The van der Waals surface area contributed by atoms with Crippen molar-refractivity contribution in [2.45, 2.75) is 11.4 Å². The van der Waals surface area contributed by atoms with E-state index in [1.165, 1.54) is 31.6 Å². The molecule has 0 aliphatic heterocycles. The first-order valence-electron chi connectivity index (χ1n) is 6.67. The monoisotopic (exact) mass is 400 g/mol. The molecule has 0 bridgehead atoms. The van der Waals surface area contributed by atoms with E-state index in [1.54, 1.807) is 30.6 Å². The maximum atomic E-state index is 12.8. The molecule has 0 amide bonds. The molecule has 0 saturated carbocycles. The van der Waals surface area contributed by atoms with Crippen LogP contribution in [0.1, 0.15) is 5.56 Å². The highest BCUT2D eigenvalue weighted by Gasteiger charge is 2.25. The molecule has 0 unspecified atom stereocenters. The fraction of sp³-hybridized carbons (Fsp3) is 0.267. The van der Waals surface area contributed by atoms with Crippen LogP contribution in [0, 0.1) is 0 Å². The van der Waals surface area contributed by atoms with Gasteiger partial charge in [-0.1, -0.05) is 0 Å². The third-order valence-corrected chi connectivity index (χ3v) is 6.04. The van der Waals surface area contributed by atoms with Crippen LogP contribution in [-0.4, -0.2) is 39.0 Å². The van der Waals surface area contributed by atoms with Gasteiger partial charge in [-0.25, -0.2) is 8.42 Å². The standard InChI is InChI=1S/C15H17BrN2O4S/c1-18(10-11-4-6-17-7-5-11)23(19,20)15-9-14(22-3)13(21-2)8-12(15)16/h4-9H,10H2,1-3H3. The van der Waals surface area contributed by atoms with Crippen molar-refractivity contribution < 1.29 is 17.9 Å². The van der Waals surface area contributed by atoms with E-state index in [-0.39, 0.29) is 11.4 Å². The lowest BCUT2D eigenvalue weighted by atomic mass is 10.3. The Morgan fingerprint density at radius 1 is 1.13 bits per heavy atom. The van der Waals surface area contributed by atoms with Gasteiger partial charge in [0, 0.05) is 36.5 Å². The molecule has 0 spiro atoms. The lowest BCUT2D eigenvalue weighted by Gasteiger charge is -2.19. The molecule has 0 atom stereocenters. The molecule has 1 aromatic heterocycles. The van der Waals surface area contributed by atoms with Gasteiger partial charge in [-0.2, -0.15) is 4.31 Å². The van der Waals surface area contributed by atoms with Crippen LogP contribution in [0.2, 0.25) is 0 Å². The minimum absolute atomic E-state index is 0.117. The number of methoxy groups -OCH3 is 2. The molecule has 0 N–H and O–H groups in total. The summed E-state index contributed by atoms with van der Waals surface area (Å²) >= 11 is 3.29. The third kappa shape index (κ3) is 3.82. The normalized spacial score (nSPS) is 11.5. The van der Waals surface area contributed by atoms with Gasteiger partial charge in [0.1, 0.15) is 4.90 Å².